The average molecular weight is 265 g/mol. The van der Waals surface area contributed by atoms with Gasteiger partial charge in [0.1, 0.15) is 11.5 Å². The van der Waals surface area contributed by atoms with E-state index >= 15 is 0 Å². The van der Waals surface area contributed by atoms with E-state index in [1.54, 1.807) is 37.3 Å². The summed E-state index contributed by atoms with van der Waals surface area (Å²) < 4.78 is 10.3. The van der Waals surface area contributed by atoms with Crippen LogP contribution in [0.25, 0.3) is 0 Å². The van der Waals surface area contributed by atoms with Crippen molar-refractivity contribution in [3.63, 3.8) is 0 Å². The van der Waals surface area contributed by atoms with Crippen molar-refractivity contribution in [1.82, 2.24) is 10.2 Å². The Labute approximate surface area is 112 Å². The molecule has 0 aliphatic carbocycles. The second kappa shape index (κ2) is 6.29. The van der Waals surface area contributed by atoms with Crippen LogP contribution in [0.15, 0.2) is 18.2 Å². The minimum absolute atomic E-state index is 0.100. The zero-order valence-corrected chi connectivity index (χ0v) is 11.2. The largest absolute Gasteiger partial charge is 0.497 e. The Bertz CT molecular complexity index is 423. The van der Waals surface area contributed by atoms with Gasteiger partial charge in [0, 0.05) is 50.1 Å². The number of amides is 2. The van der Waals surface area contributed by atoms with Crippen molar-refractivity contribution < 1.29 is 14.3 Å². The molecule has 2 rings (SSSR count). The molecule has 0 saturated carbocycles. The molecule has 0 atom stereocenters. The van der Waals surface area contributed by atoms with E-state index in [4.69, 9.17) is 9.47 Å². The molecule has 0 aromatic heterocycles. The van der Waals surface area contributed by atoms with Crippen LogP contribution in [0.2, 0.25) is 0 Å². The van der Waals surface area contributed by atoms with E-state index in [0.717, 1.165) is 13.1 Å². The minimum Gasteiger partial charge on any atom is -0.497 e. The number of carbonyl (C=O) groups is 1. The molecule has 6 nitrogen and oxygen atoms in total. The van der Waals surface area contributed by atoms with Gasteiger partial charge in [0.15, 0.2) is 0 Å². The van der Waals surface area contributed by atoms with Gasteiger partial charge in [-0.15, -0.1) is 0 Å². The van der Waals surface area contributed by atoms with Crippen LogP contribution in [0.5, 0.6) is 11.5 Å². The molecule has 0 radical (unpaired) electrons. The molecule has 0 bridgehead atoms. The lowest BCUT2D eigenvalue weighted by Crippen LogP contribution is -2.48. The third-order valence-corrected chi connectivity index (χ3v) is 3.01. The van der Waals surface area contributed by atoms with Crippen LogP contribution in [0.3, 0.4) is 0 Å². The number of benzene rings is 1. The van der Waals surface area contributed by atoms with Gasteiger partial charge in [-0.3, -0.25) is 0 Å². The highest BCUT2D eigenvalue weighted by molar-refractivity contribution is 5.89. The second-order valence-electron chi connectivity index (χ2n) is 4.27. The number of piperazine rings is 1. The number of nitrogens with zero attached hydrogens (tertiary/aromatic N) is 1. The summed E-state index contributed by atoms with van der Waals surface area (Å²) >= 11 is 0. The number of ether oxygens (including phenoxy) is 2. The number of hydrogen-bond donors (Lipinski definition) is 2. The molecule has 1 aromatic carbocycles. The minimum atomic E-state index is -0.100. The molecular weight excluding hydrogens is 246 g/mol. The summed E-state index contributed by atoms with van der Waals surface area (Å²) in [6.07, 6.45) is 0. The molecule has 1 aliphatic rings. The van der Waals surface area contributed by atoms with E-state index in [1.807, 2.05) is 0 Å². The van der Waals surface area contributed by atoms with Crippen molar-refractivity contribution in [3.8, 4) is 11.5 Å². The lowest BCUT2D eigenvalue weighted by molar-refractivity contribution is 0.204. The van der Waals surface area contributed by atoms with Crippen LogP contribution < -0.4 is 20.1 Å². The number of hydrogen-bond acceptors (Lipinski definition) is 4. The van der Waals surface area contributed by atoms with Crippen LogP contribution in [-0.2, 0) is 0 Å². The van der Waals surface area contributed by atoms with Gasteiger partial charge in [-0.05, 0) is 0 Å². The van der Waals surface area contributed by atoms with E-state index in [0.29, 0.717) is 30.3 Å². The van der Waals surface area contributed by atoms with Gasteiger partial charge < -0.3 is 25.0 Å². The fraction of sp³-hybridized carbons (Fsp3) is 0.462. The van der Waals surface area contributed by atoms with Gasteiger partial charge in [0.05, 0.1) is 14.2 Å². The fourth-order valence-corrected chi connectivity index (χ4v) is 1.95. The standard InChI is InChI=1S/C13H19N3O3/c1-18-11-7-10(8-12(9-11)19-2)15-13(17)16-5-3-14-4-6-16/h7-9,14H,3-6H2,1-2H3,(H,15,17). The van der Waals surface area contributed by atoms with Gasteiger partial charge in [0.2, 0.25) is 0 Å². The fourth-order valence-electron chi connectivity index (χ4n) is 1.95. The van der Waals surface area contributed by atoms with Crippen molar-refractivity contribution >= 4 is 11.7 Å². The Morgan fingerprint density at radius 2 is 1.74 bits per heavy atom. The maximum absolute atomic E-state index is 12.1. The monoisotopic (exact) mass is 265 g/mol. The van der Waals surface area contributed by atoms with E-state index in [9.17, 15) is 4.79 Å². The quantitative estimate of drug-likeness (QED) is 0.860. The van der Waals surface area contributed by atoms with Crippen LogP contribution in [-0.4, -0.2) is 51.3 Å². The summed E-state index contributed by atoms with van der Waals surface area (Å²) in [6.45, 7) is 3.09. The van der Waals surface area contributed by atoms with Crippen molar-refractivity contribution in [1.29, 1.82) is 0 Å². The predicted octanol–water partition coefficient (Wildman–Crippen LogP) is 1.14. The maximum Gasteiger partial charge on any atom is 0.321 e. The Morgan fingerprint density at radius 1 is 1.16 bits per heavy atom. The summed E-state index contributed by atoms with van der Waals surface area (Å²) in [5, 5.41) is 6.07. The number of rotatable bonds is 3. The highest BCUT2D eigenvalue weighted by Crippen LogP contribution is 2.25. The summed E-state index contributed by atoms with van der Waals surface area (Å²) in [5.74, 6) is 1.30. The molecule has 2 N–H and O–H groups in total. The number of carbonyl (C=O) groups excluding carboxylic acids is 1. The second-order valence-corrected chi connectivity index (χ2v) is 4.27. The molecule has 6 heteroatoms. The number of methoxy groups -OCH3 is 2. The van der Waals surface area contributed by atoms with Crippen LogP contribution >= 0.6 is 0 Å². The Balaban J connectivity index is 2.06. The zero-order chi connectivity index (χ0) is 13.7. The van der Waals surface area contributed by atoms with Crippen molar-refractivity contribution in [3.05, 3.63) is 18.2 Å². The highest BCUT2D eigenvalue weighted by atomic mass is 16.5. The molecular formula is C13H19N3O3. The smallest absolute Gasteiger partial charge is 0.321 e. The molecule has 19 heavy (non-hydrogen) atoms. The molecule has 0 spiro atoms. The van der Waals surface area contributed by atoms with Crippen molar-refractivity contribution in [2.75, 3.05) is 45.7 Å². The van der Waals surface area contributed by atoms with E-state index in [2.05, 4.69) is 10.6 Å². The highest BCUT2D eigenvalue weighted by Gasteiger charge is 2.16. The third kappa shape index (κ3) is 3.51. The van der Waals surface area contributed by atoms with Gasteiger partial charge >= 0.3 is 6.03 Å². The first-order valence-electron chi connectivity index (χ1n) is 6.22. The Hall–Kier alpha value is -1.95. The van der Waals surface area contributed by atoms with Gasteiger partial charge in [-0.1, -0.05) is 0 Å². The SMILES string of the molecule is COc1cc(NC(=O)N2CCNCC2)cc(OC)c1. The van der Waals surface area contributed by atoms with Crippen LogP contribution in [0, 0.1) is 0 Å². The van der Waals surface area contributed by atoms with E-state index < -0.39 is 0 Å². The molecule has 1 aliphatic heterocycles. The normalized spacial score (nSPS) is 14.9. The van der Waals surface area contributed by atoms with Crippen LogP contribution in [0.1, 0.15) is 0 Å². The van der Waals surface area contributed by atoms with Crippen molar-refractivity contribution in [2.24, 2.45) is 0 Å². The van der Waals surface area contributed by atoms with Crippen LogP contribution in [0.4, 0.5) is 10.5 Å². The molecule has 0 unspecified atom stereocenters. The Kier molecular flexibility index (Phi) is 4.46. The third-order valence-electron chi connectivity index (χ3n) is 3.01. The lowest BCUT2D eigenvalue weighted by atomic mass is 10.2. The predicted molar refractivity (Wildman–Crippen MR) is 73.0 cm³/mol. The molecule has 1 saturated heterocycles. The molecule has 2 amide bonds. The first kappa shape index (κ1) is 13.5. The van der Waals surface area contributed by atoms with E-state index in [-0.39, 0.29) is 6.03 Å². The number of nitrogens with one attached hydrogen (secondary N) is 2. The van der Waals surface area contributed by atoms with Crippen molar-refractivity contribution in [2.45, 2.75) is 0 Å². The van der Waals surface area contributed by atoms with E-state index in [1.165, 1.54) is 0 Å². The van der Waals surface area contributed by atoms with Gasteiger partial charge in [-0.25, -0.2) is 4.79 Å². The average Bonchev–Trinajstić information content (AvgIpc) is 2.47. The zero-order valence-electron chi connectivity index (χ0n) is 11.2. The molecule has 104 valence electrons. The summed E-state index contributed by atoms with van der Waals surface area (Å²) in [5.41, 5.74) is 0.666. The number of anilines is 1. The maximum atomic E-state index is 12.1. The topological polar surface area (TPSA) is 62.8 Å². The Morgan fingerprint density at radius 3 is 2.26 bits per heavy atom. The summed E-state index contributed by atoms with van der Waals surface area (Å²) in [6, 6.07) is 5.20. The first-order valence-corrected chi connectivity index (χ1v) is 6.22. The lowest BCUT2D eigenvalue weighted by Gasteiger charge is -2.27. The molecule has 1 heterocycles. The summed E-state index contributed by atoms with van der Waals surface area (Å²) in [7, 11) is 3.16. The first-order chi connectivity index (χ1) is 9.22. The molecule has 1 fully saturated rings. The summed E-state index contributed by atoms with van der Waals surface area (Å²) in [4.78, 5) is 13.9. The van der Waals surface area contributed by atoms with Gasteiger partial charge in [0.25, 0.3) is 0 Å². The molecule has 1 aromatic rings. The van der Waals surface area contributed by atoms with Gasteiger partial charge in [-0.2, -0.15) is 0 Å². The number of urea groups is 1.